The number of aliphatic hydroxyl groups is 1. The number of aliphatic hydroxyl groups excluding tert-OH is 1. The van der Waals surface area contributed by atoms with Crippen molar-refractivity contribution < 1.29 is 9.84 Å². The molecule has 104 valence electrons. The number of aryl methyl sites for hydroxylation is 2. The number of hydrogen-bond acceptors (Lipinski definition) is 3. The predicted octanol–water partition coefficient (Wildman–Crippen LogP) is 3.34. The van der Waals surface area contributed by atoms with Crippen molar-refractivity contribution >= 4 is 0 Å². The third kappa shape index (κ3) is 2.54. The van der Waals surface area contributed by atoms with Gasteiger partial charge in [0.1, 0.15) is 6.10 Å². The normalized spacial score (nSPS) is 17.6. The van der Waals surface area contributed by atoms with Crippen molar-refractivity contribution in [1.29, 1.82) is 0 Å². The van der Waals surface area contributed by atoms with Crippen LogP contribution in [0, 0.1) is 6.92 Å². The molecule has 1 aromatic carbocycles. The smallest absolute Gasteiger partial charge is 0.214 e. The lowest BCUT2D eigenvalue weighted by Gasteiger charge is -2.26. The Hall–Kier alpha value is -1.87. The van der Waals surface area contributed by atoms with Gasteiger partial charge < -0.3 is 9.84 Å². The molecule has 0 saturated heterocycles. The highest BCUT2D eigenvalue weighted by Gasteiger charge is 2.21. The first-order chi connectivity index (χ1) is 9.78. The lowest BCUT2D eigenvalue weighted by molar-refractivity contribution is 0.175. The molecule has 0 bridgehead atoms. The minimum atomic E-state index is 0.0192. The maximum Gasteiger partial charge on any atom is 0.214 e. The first-order valence-electron chi connectivity index (χ1n) is 7.10. The van der Waals surface area contributed by atoms with E-state index in [-0.39, 0.29) is 12.7 Å². The van der Waals surface area contributed by atoms with E-state index in [9.17, 15) is 5.11 Å². The topological polar surface area (TPSA) is 42.4 Å². The molecule has 0 amide bonds. The SMILES string of the molecule is Cc1nc(OC2CCCc3ccccc32)ccc1CO. The number of pyridine rings is 1. The van der Waals surface area contributed by atoms with Gasteiger partial charge in [0.2, 0.25) is 5.88 Å². The summed E-state index contributed by atoms with van der Waals surface area (Å²) in [6, 6.07) is 12.2. The number of rotatable bonds is 3. The summed E-state index contributed by atoms with van der Waals surface area (Å²) in [6.07, 6.45) is 3.40. The van der Waals surface area contributed by atoms with E-state index in [0.29, 0.717) is 5.88 Å². The Morgan fingerprint density at radius 1 is 1.25 bits per heavy atom. The molecule has 1 atom stereocenters. The van der Waals surface area contributed by atoms with E-state index in [2.05, 4.69) is 29.2 Å². The van der Waals surface area contributed by atoms with Gasteiger partial charge in [0.15, 0.2) is 0 Å². The number of fused-ring (bicyclic) bond motifs is 1. The number of ether oxygens (including phenoxy) is 1. The summed E-state index contributed by atoms with van der Waals surface area (Å²) in [7, 11) is 0. The zero-order valence-corrected chi connectivity index (χ0v) is 11.7. The van der Waals surface area contributed by atoms with Gasteiger partial charge in [-0.3, -0.25) is 0 Å². The molecule has 20 heavy (non-hydrogen) atoms. The Morgan fingerprint density at radius 2 is 2.10 bits per heavy atom. The van der Waals surface area contributed by atoms with Crippen LogP contribution in [0.15, 0.2) is 36.4 Å². The van der Waals surface area contributed by atoms with Gasteiger partial charge in [0.05, 0.1) is 6.61 Å². The van der Waals surface area contributed by atoms with Crippen molar-refractivity contribution in [3.8, 4) is 5.88 Å². The van der Waals surface area contributed by atoms with E-state index >= 15 is 0 Å². The summed E-state index contributed by atoms with van der Waals surface area (Å²) in [5.74, 6) is 0.640. The number of aromatic nitrogens is 1. The molecule has 1 unspecified atom stereocenters. The molecule has 1 heterocycles. The van der Waals surface area contributed by atoms with Gasteiger partial charge in [-0.1, -0.05) is 24.3 Å². The van der Waals surface area contributed by atoms with Gasteiger partial charge in [-0.15, -0.1) is 0 Å². The number of benzene rings is 1. The molecule has 0 aliphatic heterocycles. The number of hydrogen-bond donors (Lipinski definition) is 1. The van der Waals surface area contributed by atoms with Crippen molar-refractivity contribution in [2.24, 2.45) is 0 Å². The monoisotopic (exact) mass is 269 g/mol. The molecule has 0 radical (unpaired) electrons. The largest absolute Gasteiger partial charge is 0.469 e. The average Bonchev–Trinajstić information content (AvgIpc) is 2.48. The van der Waals surface area contributed by atoms with Crippen molar-refractivity contribution in [1.82, 2.24) is 4.98 Å². The van der Waals surface area contributed by atoms with Crippen LogP contribution in [0.4, 0.5) is 0 Å². The molecular formula is C17H19NO2. The van der Waals surface area contributed by atoms with Gasteiger partial charge in [-0.05, 0) is 48.9 Å². The summed E-state index contributed by atoms with van der Waals surface area (Å²) in [4.78, 5) is 4.43. The van der Waals surface area contributed by atoms with Crippen LogP contribution >= 0.6 is 0 Å². The fraction of sp³-hybridized carbons (Fsp3) is 0.353. The van der Waals surface area contributed by atoms with E-state index < -0.39 is 0 Å². The Kier molecular flexibility index (Phi) is 3.70. The highest BCUT2D eigenvalue weighted by atomic mass is 16.5. The molecule has 0 fully saturated rings. The highest BCUT2D eigenvalue weighted by Crippen LogP contribution is 2.33. The number of nitrogens with zero attached hydrogens (tertiary/aromatic N) is 1. The lowest BCUT2D eigenvalue weighted by Crippen LogP contribution is -2.15. The quantitative estimate of drug-likeness (QED) is 0.929. The van der Waals surface area contributed by atoms with Gasteiger partial charge >= 0.3 is 0 Å². The van der Waals surface area contributed by atoms with Crippen molar-refractivity contribution in [2.45, 2.75) is 38.9 Å². The predicted molar refractivity (Wildman–Crippen MR) is 77.6 cm³/mol. The molecule has 3 nitrogen and oxygen atoms in total. The van der Waals surface area contributed by atoms with Crippen LogP contribution in [0.1, 0.15) is 41.3 Å². The molecule has 1 aliphatic rings. The molecule has 1 aromatic heterocycles. The Balaban J connectivity index is 1.84. The zero-order chi connectivity index (χ0) is 13.9. The minimum Gasteiger partial charge on any atom is -0.469 e. The summed E-state index contributed by atoms with van der Waals surface area (Å²) >= 11 is 0. The second-order valence-electron chi connectivity index (χ2n) is 5.25. The van der Waals surface area contributed by atoms with Crippen molar-refractivity contribution in [3.63, 3.8) is 0 Å². The first-order valence-corrected chi connectivity index (χ1v) is 7.10. The first kappa shape index (κ1) is 13.1. The maximum absolute atomic E-state index is 9.18. The van der Waals surface area contributed by atoms with Gasteiger partial charge in [-0.2, -0.15) is 0 Å². The third-order valence-corrected chi connectivity index (χ3v) is 3.92. The van der Waals surface area contributed by atoms with E-state index in [4.69, 9.17) is 4.74 Å². The maximum atomic E-state index is 9.18. The minimum absolute atomic E-state index is 0.0192. The van der Waals surface area contributed by atoms with Gasteiger partial charge in [0.25, 0.3) is 0 Å². The lowest BCUT2D eigenvalue weighted by atomic mass is 9.89. The Morgan fingerprint density at radius 3 is 2.90 bits per heavy atom. The Bertz CT molecular complexity index is 610. The van der Waals surface area contributed by atoms with E-state index in [1.807, 2.05) is 19.1 Å². The standard InChI is InChI=1S/C17H19NO2/c1-12-14(11-19)9-10-17(18-12)20-16-8-4-6-13-5-2-3-7-15(13)16/h2-3,5,7,9-10,16,19H,4,6,8,11H2,1H3. The van der Waals surface area contributed by atoms with Crippen molar-refractivity contribution in [2.75, 3.05) is 0 Å². The van der Waals surface area contributed by atoms with Crippen molar-refractivity contribution in [3.05, 3.63) is 58.8 Å². The van der Waals surface area contributed by atoms with Crippen LogP contribution in [0.5, 0.6) is 5.88 Å². The average molecular weight is 269 g/mol. The van der Waals surface area contributed by atoms with Crippen LogP contribution in [-0.2, 0) is 13.0 Å². The zero-order valence-electron chi connectivity index (χ0n) is 11.7. The summed E-state index contributed by atoms with van der Waals surface area (Å²) < 4.78 is 6.07. The summed E-state index contributed by atoms with van der Waals surface area (Å²) in [6.45, 7) is 1.92. The summed E-state index contributed by atoms with van der Waals surface area (Å²) in [5, 5.41) is 9.18. The van der Waals surface area contributed by atoms with Gasteiger partial charge in [0, 0.05) is 11.8 Å². The van der Waals surface area contributed by atoms with Crippen LogP contribution in [0.25, 0.3) is 0 Å². The second-order valence-corrected chi connectivity index (χ2v) is 5.25. The fourth-order valence-corrected chi connectivity index (χ4v) is 2.78. The molecule has 1 aliphatic carbocycles. The van der Waals surface area contributed by atoms with E-state index in [1.165, 1.54) is 11.1 Å². The Labute approximate surface area is 119 Å². The molecule has 3 heteroatoms. The molecule has 0 saturated carbocycles. The second kappa shape index (κ2) is 5.63. The molecule has 3 rings (SSSR count). The molecule has 2 aromatic rings. The van der Waals surface area contributed by atoms with Crippen LogP contribution in [0.2, 0.25) is 0 Å². The van der Waals surface area contributed by atoms with Gasteiger partial charge in [-0.25, -0.2) is 4.98 Å². The van der Waals surface area contributed by atoms with Crippen LogP contribution in [-0.4, -0.2) is 10.1 Å². The van der Waals surface area contributed by atoms with Crippen LogP contribution < -0.4 is 4.74 Å². The summed E-state index contributed by atoms with van der Waals surface area (Å²) in [5.41, 5.74) is 4.34. The molecule has 0 spiro atoms. The van der Waals surface area contributed by atoms with Crippen LogP contribution in [0.3, 0.4) is 0 Å². The highest BCUT2D eigenvalue weighted by molar-refractivity contribution is 5.32. The third-order valence-electron chi connectivity index (χ3n) is 3.92. The molecule has 1 N–H and O–H groups in total. The fourth-order valence-electron chi connectivity index (χ4n) is 2.78. The van der Waals surface area contributed by atoms with E-state index in [1.54, 1.807) is 0 Å². The molecular weight excluding hydrogens is 250 g/mol. The van der Waals surface area contributed by atoms with E-state index in [0.717, 1.165) is 30.5 Å².